The van der Waals surface area contributed by atoms with Crippen LogP contribution in [0.4, 0.5) is 0 Å². The van der Waals surface area contributed by atoms with Crippen LogP contribution in [0.15, 0.2) is 0 Å². The van der Waals surface area contributed by atoms with E-state index in [2.05, 4.69) is 0 Å². The Balaban J connectivity index is 3.71. The van der Waals surface area contributed by atoms with Crippen LogP contribution in [-0.4, -0.2) is 48.8 Å². The molecular weight excluding hydrogens is 170 g/mol. The van der Waals surface area contributed by atoms with Gasteiger partial charge in [0.1, 0.15) is 0 Å². The molecule has 0 aliphatic heterocycles. The summed E-state index contributed by atoms with van der Waals surface area (Å²) >= 11 is 0. The van der Waals surface area contributed by atoms with Crippen molar-refractivity contribution in [3.8, 4) is 0 Å². The predicted molar refractivity (Wildman–Crippen MR) is 50.4 cm³/mol. The second kappa shape index (κ2) is 8.01. The largest absolute Gasteiger partial charge is 0.465 e. The van der Waals surface area contributed by atoms with Gasteiger partial charge < -0.3 is 9.84 Å². The molecule has 0 saturated carbocycles. The highest BCUT2D eigenvalue weighted by Crippen LogP contribution is 1.92. The Morgan fingerprint density at radius 3 is 2.54 bits per heavy atom. The molecule has 0 radical (unpaired) electrons. The van der Waals surface area contributed by atoms with Crippen LogP contribution in [0, 0.1) is 0 Å². The maximum atomic E-state index is 11.1. The Bertz CT molecular complexity index is 133. The van der Waals surface area contributed by atoms with E-state index in [9.17, 15) is 4.79 Å². The lowest BCUT2D eigenvalue weighted by molar-refractivity contribution is -0.144. The van der Waals surface area contributed by atoms with Gasteiger partial charge in [-0.2, -0.15) is 0 Å². The summed E-state index contributed by atoms with van der Waals surface area (Å²) in [6.45, 7) is 5.95. The first-order valence-electron chi connectivity index (χ1n) is 4.73. The molecule has 0 heterocycles. The monoisotopic (exact) mass is 189 g/mol. The maximum Gasteiger partial charge on any atom is 0.320 e. The molecule has 0 aliphatic carbocycles. The average molecular weight is 189 g/mol. The average Bonchev–Trinajstić information content (AvgIpc) is 2.05. The van der Waals surface area contributed by atoms with Gasteiger partial charge in [-0.05, 0) is 19.9 Å². The fourth-order valence-corrected chi connectivity index (χ4v) is 1.12. The third-order valence-electron chi connectivity index (χ3n) is 1.61. The van der Waals surface area contributed by atoms with Gasteiger partial charge in [0.05, 0.1) is 19.8 Å². The van der Waals surface area contributed by atoms with E-state index in [1.807, 2.05) is 11.8 Å². The number of esters is 1. The molecule has 0 rings (SSSR count). The van der Waals surface area contributed by atoms with E-state index in [0.29, 0.717) is 13.2 Å². The van der Waals surface area contributed by atoms with Gasteiger partial charge in [-0.25, -0.2) is 0 Å². The summed E-state index contributed by atoms with van der Waals surface area (Å²) in [6.07, 6.45) is 0.972. The van der Waals surface area contributed by atoms with Crippen molar-refractivity contribution >= 4 is 5.97 Å². The van der Waals surface area contributed by atoms with Gasteiger partial charge in [0.15, 0.2) is 0 Å². The second-order valence-corrected chi connectivity index (χ2v) is 2.80. The molecule has 0 aliphatic rings. The molecule has 0 aromatic rings. The number of carbonyl (C=O) groups is 1. The van der Waals surface area contributed by atoms with Crippen molar-refractivity contribution < 1.29 is 14.6 Å². The van der Waals surface area contributed by atoms with Crippen LogP contribution in [0.1, 0.15) is 20.3 Å². The van der Waals surface area contributed by atoms with Crippen molar-refractivity contribution in [1.29, 1.82) is 0 Å². The highest BCUT2D eigenvalue weighted by atomic mass is 16.5. The molecule has 0 atom stereocenters. The molecule has 4 heteroatoms. The normalized spacial score (nSPS) is 10.5. The molecule has 0 amide bonds. The topological polar surface area (TPSA) is 49.8 Å². The smallest absolute Gasteiger partial charge is 0.320 e. The van der Waals surface area contributed by atoms with Crippen LogP contribution in [0.3, 0.4) is 0 Å². The zero-order valence-electron chi connectivity index (χ0n) is 8.45. The Morgan fingerprint density at radius 1 is 1.38 bits per heavy atom. The van der Waals surface area contributed by atoms with Gasteiger partial charge in [0.25, 0.3) is 0 Å². The highest BCUT2D eigenvalue weighted by Gasteiger charge is 2.09. The summed E-state index contributed by atoms with van der Waals surface area (Å²) in [6, 6.07) is 0. The summed E-state index contributed by atoms with van der Waals surface area (Å²) in [5.74, 6) is -0.218. The summed E-state index contributed by atoms with van der Waals surface area (Å²) < 4.78 is 4.80. The standard InChI is InChI=1S/C9H19NO3/c1-3-5-10(6-7-11)8-9(12)13-4-2/h11H,3-8H2,1-2H3. The number of rotatable bonds is 7. The molecule has 0 unspecified atom stereocenters. The minimum Gasteiger partial charge on any atom is -0.465 e. The highest BCUT2D eigenvalue weighted by molar-refractivity contribution is 5.71. The zero-order chi connectivity index (χ0) is 10.1. The quantitative estimate of drug-likeness (QED) is 0.583. The minimum atomic E-state index is -0.218. The van der Waals surface area contributed by atoms with Crippen LogP contribution in [-0.2, 0) is 9.53 Å². The van der Waals surface area contributed by atoms with Gasteiger partial charge in [-0.15, -0.1) is 0 Å². The number of nitrogens with zero attached hydrogens (tertiary/aromatic N) is 1. The van der Waals surface area contributed by atoms with Crippen LogP contribution in [0.2, 0.25) is 0 Å². The Labute approximate surface area is 79.5 Å². The predicted octanol–water partition coefficient (Wildman–Crippen LogP) is 0.254. The Hall–Kier alpha value is -0.610. The van der Waals surface area contributed by atoms with Gasteiger partial charge in [-0.1, -0.05) is 6.92 Å². The molecule has 0 aromatic carbocycles. The number of hydrogen-bond donors (Lipinski definition) is 1. The summed E-state index contributed by atoms with van der Waals surface area (Å²) in [7, 11) is 0. The van der Waals surface area contributed by atoms with Crippen LogP contribution in [0.25, 0.3) is 0 Å². The van der Waals surface area contributed by atoms with E-state index in [4.69, 9.17) is 9.84 Å². The lowest BCUT2D eigenvalue weighted by atomic mass is 10.4. The van der Waals surface area contributed by atoms with Crippen molar-refractivity contribution in [2.45, 2.75) is 20.3 Å². The number of hydrogen-bond acceptors (Lipinski definition) is 4. The summed E-state index contributed by atoms with van der Waals surface area (Å²) in [4.78, 5) is 12.9. The molecule has 4 nitrogen and oxygen atoms in total. The van der Waals surface area contributed by atoms with E-state index < -0.39 is 0 Å². The van der Waals surface area contributed by atoms with Crippen molar-refractivity contribution in [1.82, 2.24) is 4.90 Å². The number of carbonyl (C=O) groups excluding carboxylic acids is 1. The molecule has 78 valence electrons. The minimum absolute atomic E-state index is 0.0827. The number of aliphatic hydroxyl groups is 1. The van der Waals surface area contributed by atoms with Crippen LogP contribution >= 0.6 is 0 Å². The van der Waals surface area contributed by atoms with Crippen molar-refractivity contribution in [3.63, 3.8) is 0 Å². The van der Waals surface area contributed by atoms with Gasteiger partial charge in [0, 0.05) is 6.54 Å². The third kappa shape index (κ3) is 6.54. The summed E-state index contributed by atoms with van der Waals surface area (Å²) in [5, 5.41) is 8.71. The molecule has 13 heavy (non-hydrogen) atoms. The molecule has 0 bridgehead atoms. The van der Waals surface area contributed by atoms with E-state index >= 15 is 0 Å². The third-order valence-corrected chi connectivity index (χ3v) is 1.61. The molecule has 0 saturated heterocycles. The maximum absolute atomic E-state index is 11.1. The van der Waals surface area contributed by atoms with E-state index in [1.165, 1.54) is 0 Å². The fraction of sp³-hybridized carbons (Fsp3) is 0.889. The first-order chi connectivity index (χ1) is 6.24. The van der Waals surface area contributed by atoms with E-state index in [1.54, 1.807) is 6.92 Å². The van der Waals surface area contributed by atoms with Gasteiger partial charge in [0.2, 0.25) is 0 Å². The van der Waals surface area contributed by atoms with Gasteiger partial charge >= 0.3 is 5.97 Å². The lowest BCUT2D eigenvalue weighted by Crippen LogP contribution is -2.33. The first-order valence-corrected chi connectivity index (χ1v) is 4.73. The van der Waals surface area contributed by atoms with Crippen LogP contribution < -0.4 is 0 Å². The van der Waals surface area contributed by atoms with Crippen LogP contribution in [0.5, 0.6) is 0 Å². The van der Waals surface area contributed by atoms with Crippen molar-refractivity contribution in [3.05, 3.63) is 0 Å². The SMILES string of the molecule is CCCN(CCO)CC(=O)OCC. The lowest BCUT2D eigenvalue weighted by Gasteiger charge is -2.18. The molecule has 1 N–H and O–H groups in total. The van der Waals surface area contributed by atoms with Crippen molar-refractivity contribution in [2.75, 3.05) is 32.8 Å². The second-order valence-electron chi connectivity index (χ2n) is 2.80. The first kappa shape index (κ1) is 12.4. The summed E-state index contributed by atoms with van der Waals surface area (Å²) in [5.41, 5.74) is 0. The molecule has 0 fully saturated rings. The molecule has 0 aromatic heterocycles. The molecule has 0 spiro atoms. The Kier molecular flexibility index (Phi) is 7.63. The Morgan fingerprint density at radius 2 is 2.08 bits per heavy atom. The van der Waals surface area contributed by atoms with Gasteiger partial charge in [-0.3, -0.25) is 9.69 Å². The van der Waals surface area contributed by atoms with Crippen molar-refractivity contribution in [2.24, 2.45) is 0 Å². The molecular formula is C9H19NO3. The zero-order valence-corrected chi connectivity index (χ0v) is 8.45. The van der Waals surface area contributed by atoms with E-state index in [0.717, 1.165) is 13.0 Å². The number of aliphatic hydroxyl groups excluding tert-OH is 1. The fourth-order valence-electron chi connectivity index (χ4n) is 1.12. The number of ether oxygens (including phenoxy) is 1. The van der Waals surface area contributed by atoms with E-state index in [-0.39, 0.29) is 19.1 Å².